The maximum atomic E-state index is 12.6. The molecule has 0 spiro atoms. The van der Waals surface area contributed by atoms with Gasteiger partial charge in [0.1, 0.15) is 0 Å². The maximum Gasteiger partial charge on any atom is 0.416 e. The van der Waals surface area contributed by atoms with Gasteiger partial charge in [-0.1, -0.05) is 42.5 Å². The van der Waals surface area contributed by atoms with E-state index in [0.717, 1.165) is 17.7 Å². The smallest absolute Gasteiger partial charge is 0.396 e. The number of hydrogen-bond acceptors (Lipinski definition) is 2. The van der Waals surface area contributed by atoms with Crippen LogP contribution in [-0.2, 0) is 12.7 Å². The van der Waals surface area contributed by atoms with Crippen LogP contribution in [0.5, 0.6) is 0 Å². The molecule has 0 aliphatic carbocycles. The molecule has 0 aliphatic heterocycles. The Balaban J connectivity index is 0.00000364. The molecule has 0 aliphatic rings. The second-order valence-corrected chi connectivity index (χ2v) is 5.79. The van der Waals surface area contributed by atoms with E-state index in [0.29, 0.717) is 24.6 Å². The summed E-state index contributed by atoms with van der Waals surface area (Å²) < 4.78 is 37.7. The van der Waals surface area contributed by atoms with Crippen molar-refractivity contribution in [3.63, 3.8) is 0 Å². The van der Waals surface area contributed by atoms with E-state index >= 15 is 0 Å². The molecule has 0 amide bonds. The minimum Gasteiger partial charge on any atom is -0.396 e. The third-order valence-corrected chi connectivity index (χ3v) is 3.97. The van der Waals surface area contributed by atoms with Gasteiger partial charge in [0.25, 0.3) is 0 Å². The van der Waals surface area contributed by atoms with Gasteiger partial charge in [-0.05, 0) is 23.3 Å². The molecule has 0 saturated heterocycles. The fourth-order valence-electron chi connectivity index (χ4n) is 2.45. The third-order valence-electron chi connectivity index (χ3n) is 3.97. The fourth-order valence-corrected chi connectivity index (χ4v) is 2.45. The number of benzene rings is 2. The van der Waals surface area contributed by atoms with E-state index in [4.69, 9.17) is 0 Å². The molecule has 0 bridgehead atoms. The average molecular weight is 493 g/mol. The average Bonchev–Trinajstić information content (AvgIpc) is 2.65. The van der Waals surface area contributed by atoms with Crippen LogP contribution in [-0.4, -0.2) is 31.3 Å². The zero-order chi connectivity index (χ0) is 19.0. The van der Waals surface area contributed by atoms with Crippen LogP contribution in [0.3, 0.4) is 0 Å². The Morgan fingerprint density at radius 2 is 1.67 bits per heavy atom. The van der Waals surface area contributed by atoms with Crippen molar-refractivity contribution >= 4 is 29.9 Å². The Morgan fingerprint density at radius 1 is 1.04 bits per heavy atom. The molecule has 2 rings (SSSR count). The molecule has 2 aromatic rings. The van der Waals surface area contributed by atoms with E-state index in [1.165, 1.54) is 12.1 Å². The highest BCUT2D eigenvalue weighted by atomic mass is 127. The highest BCUT2D eigenvalue weighted by Crippen LogP contribution is 2.29. The van der Waals surface area contributed by atoms with Gasteiger partial charge in [0.15, 0.2) is 5.96 Å². The van der Waals surface area contributed by atoms with Crippen LogP contribution in [0.1, 0.15) is 22.6 Å². The van der Waals surface area contributed by atoms with Gasteiger partial charge in [0.05, 0.1) is 12.2 Å². The number of hydrogen-bond donors (Lipinski definition) is 3. The van der Waals surface area contributed by atoms with E-state index in [1.54, 1.807) is 7.05 Å². The van der Waals surface area contributed by atoms with Crippen molar-refractivity contribution in [2.75, 3.05) is 20.2 Å². The number of rotatable bonds is 6. The van der Waals surface area contributed by atoms with Crippen LogP contribution in [0.2, 0.25) is 0 Å². The summed E-state index contributed by atoms with van der Waals surface area (Å²) in [4.78, 5) is 4.09. The molecule has 2 aromatic carbocycles. The normalized spacial score (nSPS) is 12.9. The van der Waals surface area contributed by atoms with Crippen molar-refractivity contribution in [3.8, 4) is 0 Å². The molecule has 0 radical (unpaired) electrons. The summed E-state index contributed by atoms with van der Waals surface area (Å²) in [6.07, 6.45) is -4.33. The summed E-state index contributed by atoms with van der Waals surface area (Å²) in [6.45, 7) is 0.813. The molecular weight excluding hydrogens is 470 g/mol. The SMILES string of the molecule is CN=C(NCc1ccc(C(F)(F)F)cc1)NCC(CO)c1ccccc1.I. The van der Waals surface area contributed by atoms with E-state index < -0.39 is 11.7 Å². The third kappa shape index (κ3) is 7.37. The van der Waals surface area contributed by atoms with Gasteiger partial charge < -0.3 is 15.7 Å². The molecule has 0 aromatic heterocycles. The summed E-state index contributed by atoms with van der Waals surface area (Å²) in [5.41, 5.74) is 1.06. The lowest BCUT2D eigenvalue weighted by Crippen LogP contribution is -2.39. The van der Waals surface area contributed by atoms with E-state index in [9.17, 15) is 18.3 Å². The molecular formula is C19H23F3IN3O. The Labute approximate surface area is 173 Å². The highest BCUT2D eigenvalue weighted by Gasteiger charge is 2.29. The molecule has 148 valence electrons. The van der Waals surface area contributed by atoms with Crippen LogP contribution in [0.15, 0.2) is 59.6 Å². The predicted octanol–water partition coefficient (Wildman–Crippen LogP) is 3.76. The molecule has 8 heteroatoms. The molecule has 27 heavy (non-hydrogen) atoms. The lowest BCUT2D eigenvalue weighted by Gasteiger charge is -2.18. The number of aliphatic hydroxyl groups excluding tert-OH is 1. The number of halogens is 4. The second kappa shape index (κ2) is 11.1. The number of aliphatic imine (C=N–C) groups is 1. The number of alkyl halides is 3. The van der Waals surface area contributed by atoms with E-state index in [2.05, 4.69) is 15.6 Å². The van der Waals surface area contributed by atoms with E-state index in [1.807, 2.05) is 30.3 Å². The van der Waals surface area contributed by atoms with Crippen LogP contribution >= 0.6 is 24.0 Å². The standard InChI is InChI=1S/C19H22F3N3O.HI/c1-23-18(25-12-16(13-26)15-5-3-2-4-6-15)24-11-14-7-9-17(10-8-14)19(20,21)22;/h2-10,16,26H,11-13H2,1H3,(H2,23,24,25);1H. The molecule has 3 N–H and O–H groups in total. The summed E-state index contributed by atoms with van der Waals surface area (Å²) in [7, 11) is 1.61. The molecule has 0 fully saturated rings. The minimum absolute atomic E-state index is 0. The van der Waals surface area contributed by atoms with Crippen molar-refractivity contribution in [2.45, 2.75) is 18.6 Å². The van der Waals surface area contributed by atoms with Gasteiger partial charge in [-0.15, -0.1) is 24.0 Å². The van der Waals surface area contributed by atoms with Gasteiger partial charge in [-0.2, -0.15) is 13.2 Å². The fraction of sp³-hybridized carbons (Fsp3) is 0.316. The number of nitrogens with zero attached hydrogens (tertiary/aromatic N) is 1. The first-order valence-electron chi connectivity index (χ1n) is 8.20. The predicted molar refractivity (Wildman–Crippen MR) is 111 cm³/mol. The molecule has 0 heterocycles. The molecule has 1 unspecified atom stereocenters. The van der Waals surface area contributed by atoms with Gasteiger partial charge in [0, 0.05) is 26.1 Å². The topological polar surface area (TPSA) is 56.7 Å². The van der Waals surface area contributed by atoms with Crippen molar-refractivity contribution in [3.05, 3.63) is 71.3 Å². The Kier molecular flexibility index (Phi) is 9.57. The first-order chi connectivity index (χ1) is 12.4. The zero-order valence-corrected chi connectivity index (χ0v) is 17.2. The lowest BCUT2D eigenvalue weighted by atomic mass is 10.0. The maximum absolute atomic E-state index is 12.6. The van der Waals surface area contributed by atoms with Crippen molar-refractivity contribution < 1.29 is 18.3 Å². The number of aliphatic hydroxyl groups is 1. The van der Waals surface area contributed by atoms with Crippen molar-refractivity contribution in [2.24, 2.45) is 4.99 Å². The van der Waals surface area contributed by atoms with Crippen LogP contribution in [0.4, 0.5) is 13.2 Å². The van der Waals surface area contributed by atoms with Crippen LogP contribution in [0.25, 0.3) is 0 Å². The minimum atomic E-state index is -4.33. The van der Waals surface area contributed by atoms with Crippen LogP contribution < -0.4 is 10.6 Å². The van der Waals surface area contributed by atoms with Crippen molar-refractivity contribution in [1.29, 1.82) is 0 Å². The zero-order valence-electron chi connectivity index (χ0n) is 14.8. The van der Waals surface area contributed by atoms with Gasteiger partial charge in [0.2, 0.25) is 0 Å². The van der Waals surface area contributed by atoms with Gasteiger partial charge in [-0.25, -0.2) is 0 Å². The quantitative estimate of drug-likeness (QED) is 0.327. The highest BCUT2D eigenvalue weighted by molar-refractivity contribution is 14.0. The summed E-state index contributed by atoms with van der Waals surface area (Å²) in [5, 5.41) is 15.7. The summed E-state index contributed by atoms with van der Waals surface area (Å²) >= 11 is 0. The first-order valence-corrected chi connectivity index (χ1v) is 8.20. The first kappa shape index (κ1) is 23.2. The molecule has 0 saturated carbocycles. The number of guanidine groups is 1. The summed E-state index contributed by atoms with van der Waals surface area (Å²) in [6, 6.07) is 14.6. The van der Waals surface area contributed by atoms with Gasteiger partial charge >= 0.3 is 6.18 Å². The van der Waals surface area contributed by atoms with Crippen LogP contribution in [0, 0.1) is 0 Å². The second-order valence-electron chi connectivity index (χ2n) is 5.79. The Bertz CT molecular complexity index is 706. The van der Waals surface area contributed by atoms with E-state index in [-0.39, 0.29) is 36.5 Å². The monoisotopic (exact) mass is 493 g/mol. The summed E-state index contributed by atoms with van der Waals surface area (Å²) in [5.74, 6) is 0.431. The molecule has 4 nitrogen and oxygen atoms in total. The lowest BCUT2D eigenvalue weighted by molar-refractivity contribution is -0.137. The number of nitrogens with one attached hydrogen (secondary N) is 2. The Hall–Kier alpha value is -1.81. The van der Waals surface area contributed by atoms with Gasteiger partial charge in [-0.3, -0.25) is 4.99 Å². The van der Waals surface area contributed by atoms with Crippen molar-refractivity contribution in [1.82, 2.24) is 10.6 Å². The largest absolute Gasteiger partial charge is 0.416 e. The Morgan fingerprint density at radius 3 is 2.19 bits per heavy atom. The molecule has 1 atom stereocenters.